The molecule has 0 spiro atoms. The third-order valence-electron chi connectivity index (χ3n) is 4.27. The normalized spacial score (nSPS) is 25.5. The van der Waals surface area contributed by atoms with E-state index in [1.165, 1.54) is 6.92 Å². The molecule has 0 radical (unpaired) electrons. The van der Waals surface area contributed by atoms with Crippen LogP contribution in [0.2, 0.25) is 0 Å². The van der Waals surface area contributed by atoms with E-state index >= 15 is 0 Å². The van der Waals surface area contributed by atoms with Crippen molar-refractivity contribution in [3.8, 4) is 0 Å². The first-order chi connectivity index (χ1) is 11.1. The van der Waals surface area contributed by atoms with Crippen molar-refractivity contribution in [2.75, 3.05) is 5.34 Å². The minimum atomic E-state index is -2.59. The van der Waals surface area contributed by atoms with Crippen LogP contribution in [-0.4, -0.2) is 28.6 Å². The van der Waals surface area contributed by atoms with E-state index in [1.54, 1.807) is 6.92 Å². The van der Waals surface area contributed by atoms with Gasteiger partial charge in [0.1, 0.15) is 17.3 Å². The Bertz CT molecular complexity index is 426. The Morgan fingerprint density at radius 3 is 1.92 bits per heavy atom. The molecule has 0 aliphatic heterocycles. The highest BCUT2D eigenvalue weighted by Crippen LogP contribution is 2.36. The zero-order valence-electron chi connectivity index (χ0n) is 14.3. The van der Waals surface area contributed by atoms with Gasteiger partial charge in [-0.25, -0.2) is 8.78 Å². The number of alkyl halides is 4. The summed E-state index contributed by atoms with van der Waals surface area (Å²) >= 11 is 9.53. The van der Waals surface area contributed by atoms with Gasteiger partial charge in [-0.2, -0.15) is 0 Å². The van der Waals surface area contributed by atoms with E-state index in [1.807, 2.05) is 0 Å². The molecule has 2 fully saturated rings. The standard InChI is InChI=1S/C8H12F2O.C8H12O2.CH2Cl2/c1-6(11)7-3-2-4-8(9,10)5-7;1-6(9)7-3-2-4-8(10)5-7;2-1-3/h7H,2-5H2,1H3;7H,2-5H2,1H3;1H2. The SMILES string of the molecule is CC(=O)C1CCCC(=O)C1.CC(=O)C1CCCC(F)(F)C1.ClCCl. The smallest absolute Gasteiger partial charge is 0.248 e. The topological polar surface area (TPSA) is 51.2 Å². The number of Topliss-reactive ketones (excluding diaryl/α,β-unsaturated/α-hetero) is 3. The van der Waals surface area contributed by atoms with Gasteiger partial charge in [-0.3, -0.25) is 14.4 Å². The Balaban J connectivity index is 0.000000381. The number of hydrogen-bond donors (Lipinski definition) is 0. The van der Waals surface area contributed by atoms with Gasteiger partial charge in [0, 0.05) is 37.5 Å². The van der Waals surface area contributed by atoms with Gasteiger partial charge in [-0.15, -0.1) is 23.2 Å². The Morgan fingerprint density at radius 2 is 1.58 bits per heavy atom. The molecule has 24 heavy (non-hydrogen) atoms. The molecule has 2 saturated carbocycles. The van der Waals surface area contributed by atoms with Crippen LogP contribution in [0.25, 0.3) is 0 Å². The summed E-state index contributed by atoms with van der Waals surface area (Å²) in [6.07, 6.45) is 3.85. The summed E-state index contributed by atoms with van der Waals surface area (Å²) in [7, 11) is 0. The van der Waals surface area contributed by atoms with Crippen molar-refractivity contribution in [1.82, 2.24) is 0 Å². The monoisotopic (exact) mass is 386 g/mol. The van der Waals surface area contributed by atoms with Gasteiger partial charge < -0.3 is 0 Å². The van der Waals surface area contributed by atoms with Crippen LogP contribution >= 0.6 is 23.2 Å². The first-order valence-corrected chi connectivity index (χ1v) is 9.22. The average Bonchev–Trinajstić information content (AvgIpc) is 2.47. The van der Waals surface area contributed by atoms with Crippen LogP contribution < -0.4 is 0 Å². The maximum absolute atomic E-state index is 12.7. The number of rotatable bonds is 2. The molecule has 140 valence electrons. The number of carbonyl (C=O) groups is 3. The fourth-order valence-corrected chi connectivity index (χ4v) is 2.89. The molecule has 0 amide bonds. The molecule has 2 atom stereocenters. The Labute approximate surface area is 152 Å². The Morgan fingerprint density at radius 1 is 1.08 bits per heavy atom. The van der Waals surface area contributed by atoms with Crippen molar-refractivity contribution < 1.29 is 23.2 Å². The summed E-state index contributed by atoms with van der Waals surface area (Å²) in [6.45, 7) is 2.97. The van der Waals surface area contributed by atoms with E-state index < -0.39 is 11.8 Å². The minimum absolute atomic E-state index is 0.0428. The van der Waals surface area contributed by atoms with E-state index in [-0.39, 0.29) is 41.4 Å². The second-order valence-corrected chi connectivity index (χ2v) is 7.11. The highest BCUT2D eigenvalue weighted by Gasteiger charge is 2.37. The van der Waals surface area contributed by atoms with Crippen molar-refractivity contribution in [1.29, 1.82) is 0 Å². The lowest BCUT2D eigenvalue weighted by atomic mass is 9.84. The average molecular weight is 387 g/mol. The van der Waals surface area contributed by atoms with Gasteiger partial charge in [0.25, 0.3) is 0 Å². The maximum atomic E-state index is 12.7. The second kappa shape index (κ2) is 11.9. The molecular formula is C17H26Cl2F2O3. The fourth-order valence-electron chi connectivity index (χ4n) is 2.89. The minimum Gasteiger partial charge on any atom is -0.300 e. The lowest BCUT2D eigenvalue weighted by Gasteiger charge is -2.26. The molecule has 7 heteroatoms. The van der Waals surface area contributed by atoms with Crippen LogP contribution in [0.5, 0.6) is 0 Å². The molecule has 0 bridgehead atoms. The molecule has 0 aromatic heterocycles. The summed E-state index contributed by atoms with van der Waals surface area (Å²) in [4.78, 5) is 32.4. The summed E-state index contributed by atoms with van der Waals surface area (Å²) in [6, 6.07) is 0. The van der Waals surface area contributed by atoms with Crippen LogP contribution in [0.4, 0.5) is 8.78 Å². The van der Waals surface area contributed by atoms with Gasteiger partial charge in [0.15, 0.2) is 0 Å². The van der Waals surface area contributed by atoms with Crippen molar-refractivity contribution in [2.45, 2.75) is 71.1 Å². The van der Waals surface area contributed by atoms with Crippen LogP contribution in [0, 0.1) is 11.8 Å². The van der Waals surface area contributed by atoms with Gasteiger partial charge in [0.05, 0.1) is 5.34 Å². The predicted octanol–water partition coefficient (Wildman–Crippen LogP) is 5.16. The van der Waals surface area contributed by atoms with Crippen LogP contribution in [0.15, 0.2) is 0 Å². The van der Waals surface area contributed by atoms with Crippen molar-refractivity contribution in [2.24, 2.45) is 11.8 Å². The summed E-state index contributed by atoms with van der Waals surface area (Å²) in [5.74, 6) is -2.60. The van der Waals surface area contributed by atoms with E-state index in [4.69, 9.17) is 23.2 Å². The highest BCUT2D eigenvalue weighted by atomic mass is 35.5. The van der Waals surface area contributed by atoms with Gasteiger partial charge in [-0.1, -0.05) is 0 Å². The van der Waals surface area contributed by atoms with Crippen LogP contribution in [0.3, 0.4) is 0 Å². The van der Waals surface area contributed by atoms with E-state index in [0.717, 1.165) is 12.8 Å². The van der Waals surface area contributed by atoms with Gasteiger partial charge in [-0.05, 0) is 39.5 Å². The number of ketones is 3. The molecule has 0 aromatic rings. The molecule has 2 aliphatic carbocycles. The molecule has 0 saturated heterocycles. The van der Waals surface area contributed by atoms with Gasteiger partial charge >= 0.3 is 0 Å². The second-order valence-electron chi connectivity index (χ2n) is 6.30. The highest BCUT2D eigenvalue weighted by molar-refractivity contribution is 6.40. The molecule has 2 rings (SSSR count). The molecule has 0 aromatic carbocycles. The lowest BCUT2D eigenvalue weighted by Crippen LogP contribution is -2.29. The van der Waals surface area contributed by atoms with E-state index in [0.29, 0.717) is 25.7 Å². The van der Waals surface area contributed by atoms with Crippen molar-refractivity contribution in [3.63, 3.8) is 0 Å². The van der Waals surface area contributed by atoms with E-state index in [2.05, 4.69) is 0 Å². The predicted molar refractivity (Wildman–Crippen MR) is 91.8 cm³/mol. The summed E-state index contributed by atoms with van der Waals surface area (Å²) in [5.41, 5.74) is 0. The number of carbonyl (C=O) groups excluding carboxylic acids is 3. The molecule has 0 heterocycles. The van der Waals surface area contributed by atoms with Crippen molar-refractivity contribution >= 4 is 40.6 Å². The third kappa shape index (κ3) is 10.3. The third-order valence-corrected chi connectivity index (χ3v) is 4.27. The summed E-state index contributed by atoms with van der Waals surface area (Å²) < 4.78 is 25.3. The zero-order valence-corrected chi connectivity index (χ0v) is 15.8. The van der Waals surface area contributed by atoms with Crippen LogP contribution in [0.1, 0.15) is 65.2 Å². The zero-order chi connectivity index (χ0) is 18.8. The molecule has 3 nitrogen and oxygen atoms in total. The number of halogens is 4. The maximum Gasteiger partial charge on any atom is 0.248 e. The molecule has 0 N–H and O–H groups in total. The largest absolute Gasteiger partial charge is 0.300 e. The Hall–Kier alpha value is -0.550. The lowest BCUT2D eigenvalue weighted by molar-refractivity contribution is -0.128. The van der Waals surface area contributed by atoms with Crippen molar-refractivity contribution in [3.05, 3.63) is 0 Å². The molecular weight excluding hydrogens is 361 g/mol. The fraction of sp³-hybridized carbons (Fsp3) is 0.824. The Kier molecular flexibility index (Phi) is 11.6. The molecule has 2 unspecified atom stereocenters. The van der Waals surface area contributed by atoms with E-state index in [9.17, 15) is 23.2 Å². The first kappa shape index (κ1) is 23.4. The van der Waals surface area contributed by atoms with Gasteiger partial charge in [0.2, 0.25) is 5.92 Å². The molecule has 2 aliphatic rings. The van der Waals surface area contributed by atoms with Crippen LogP contribution in [-0.2, 0) is 14.4 Å². The first-order valence-electron chi connectivity index (χ1n) is 8.15. The number of hydrogen-bond acceptors (Lipinski definition) is 3. The quantitative estimate of drug-likeness (QED) is 0.616. The summed E-state index contributed by atoms with van der Waals surface area (Å²) in [5, 5.41) is 0.194.